The molecule has 1 N–H and O–H groups in total. The normalized spacial score (nSPS) is 15.3. The lowest BCUT2D eigenvalue weighted by Crippen LogP contribution is -2.09. The summed E-state index contributed by atoms with van der Waals surface area (Å²) in [5.41, 5.74) is 9.43. The maximum Gasteiger partial charge on any atom is 0.352 e. The van der Waals surface area contributed by atoms with Gasteiger partial charge in [-0.05, 0) is 67.8 Å². The van der Waals surface area contributed by atoms with Gasteiger partial charge in [-0.3, -0.25) is 9.36 Å². The lowest BCUT2D eigenvalue weighted by Gasteiger charge is -2.13. The second-order valence-electron chi connectivity index (χ2n) is 12.7. The van der Waals surface area contributed by atoms with Crippen LogP contribution in [0.3, 0.4) is 0 Å². The van der Waals surface area contributed by atoms with Crippen LogP contribution in [0, 0.1) is 6.92 Å². The summed E-state index contributed by atoms with van der Waals surface area (Å²) in [7, 11) is 3.86. The van der Waals surface area contributed by atoms with Crippen molar-refractivity contribution in [3.8, 4) is 16.9 Å². The number of halogens is 1. The molecule has 0 saturated carbocycles. The molecular weight excluding hydrogens is 662 g/mol. The third-order valence-corrected chi connectivity index (χ3v) is 11.9. The second kappa shape index (κ2) is 12.5. The van der Waals surface area contributed by atoms with E-state index in [4.69, 9.17) is 26.5 Å². The van der Waals surface area contributed by atoms with E-state index in [1.54, 1.807) is 23.5 Å². The van der Waals surface area contributed by atoms with Crippen LogP contribution >= 0.6 is 35.1 Å². The van der Waals surface area contributed by atoms with E-state index in [9.17, 15) is 9.90 Å². The number of thioether (sulfide) groups is 2. The maximum atomic E-state index is 12.8. The molecule has 2 aliphatic rings. The minimum atomic E-state index is -0.946. The molecule has 8 bridgehead atoms. The monoisotopic (exact) mass is 697 g/mol. The fraction of sp³-hybridized carbons (Fsp3) is 0.324. The molecule has 3 aromatic heterocycles. The predicted molar refractivity (Wildman–Crippen MR) is 195 cm³/mol. The maximum absolute atomic E-state index is 12.8. The summed E-state index contributed by atoms with van der Waals surface area (Å²) >= 11 is 10.6. The minimum Gasteiger partial charge on any atom is -0.493 e. The van der Waals surface area contributed by atoms with Gasteiger partial charge < -0.3 is 14.4 Å². The van der Waals surface area contributed by atoms with Crippen molar-refractivity contribution in [2.24, 2.45) is 14.1 Å². The highest BCUT2D eigenvalue weighted by atomic mass is 35.5. The van der Waals surface area contributed by atoms with Gasteiger partial charge in [-0.2, -0.15) is 10.2 Å². The van der Waals surface area contributed by atoms with Gasteiger partial charge >= 0.3 is 5.97 Å². The number of carboxylic acids is 1. The summed E-state index contributed by atoms with van der Waals surface area (Å²) in [6, 6.07) is 16.9. The van der Waals surface area contributed by atoms with Gasteiger partial charge in [0.1, 0.15) is 11.4 Å². The van der Waals surface area contributed by atoms with Crippen molar-refractivity contribution < 1.29 is 14.6 Å². The molecule has 246 valence electrons. The van der Waals surface area contributed by atoms with Crippen molar-refractivity contribution in [2.45, 2.75) is 61.3 Å². The van der Waals surface area contributed by atoms with E-state index in [0.29, 0.717) is 35.9 Å². The smallest absolute Gasteiger partial charge is 0.352 e. The summed E-state index contributed by atoms with van der Waals surface area (Å²) in [5.74, 6) is 2.14. The Morgan fingerprint density at radius 3 is 2.67 bits per heavy atom. The molecule has 8 rings (SSSR count). The van der Waals surface area contributed by atoms with Crippen molar-refractivity contribution in [3.63, 3.8) is 0 Å². The van der Waals surface area contributed by atoms with E-state index in [0.717, 1.165) is 91.3 Å². The number of aromatic nitrogens is 5. The number of ether oxygens (including phenoxy) is 1. The van der Waals surface area contributed by atoms with Gasteiger partial charge in [0.15, 0.2) is 0 Å². The van der Waals surface area contributed by atoms with Crippen molar-refractivity contribution >= 4 is 62.8 Å². The Hall–Kier alpha value is -3.86. The van der Waals surface area contributed by atoms with Crippen molar-refractivity contribution in [2.75, 3.05) is 6.61 Å². The van der Waals surface area contributed by atoms with Crippen molar-refractivity contribution in [1.82, 2.24) is 24.1 Å². The quantitative estimate of drug-likeness (QED) is 0.184. The summed E-state index contributed by atoms with van der Waals surface area (Å²) < 4.78 is 12.4. The first-order valence-corrected chi connectivity index (χ1v) is 18.8. The number of aromatic carboxylic acids is 1. The number of benzene rings is 3. The van der Waals surface area contributed by atoms with E-state index < -0.39 is 5.97 Å². The zero-order chi connectivity index (χ0) is 33.1. The predicted octanol–water partition coefficient (Wildman–Crippen LogP) is 8.59. The summed E-state index contributed by atoms with van der Waals surface area (Å²) in [6.45, 7) is 3.43. The summed E-state index contributed by atoms with van der Waals surface area (Å²) in [5, 5.41) is 24.2. The molecule has 48 heavy (non-hydrogen) atoms. The highest BCUT2D eigenvalue weighted by Gasteiger charge is 2.30. The Morgan fingerprint density at radius 1 is 0.958 bits per heavy atom. The Morgan fingerprint density at radius 2 is 1.81 bits per heavy atom. The number of carboxylic acid groups (broad SMARTS) is 1. The molecule has 6 aromatic rings. The van der Waals surface area contributed by atoms with Crippen LogP contribution in [-0.2, 0) is 50.7 Å². The molecule has 8 nitrogen and oxygen atoms in total. The van der Waals surface area contributed by atoms with Crippen LogP contribution in [0.1, 0.15) is 57.2 Å². The molecule has 0 aliphatic carbocycles. The van der Waals surface area contributed by atoms with Gasteiger partial charge in [0.25, 0.3) is 0 Å². The summed E-state index contributed by atoms with van der Waals surface area (Å²) in [6.07, 6.45) is 3.16. The van der Waals surface area contributed by atoms with Gasteiger partial charge in [-0.25, -0.2) is 4.79 Å². The Bertz CT molecular complexity index is 2250. The highest BCUT2D eigenvalue weighted by Crippen LogP contribution is 2.44. The molecule has 0 radical (unpaired) electrons. The number of carbonyl (C=O) groups is 1. The van der Waals surface area contributed by atoms with Crippen LogP contribution < -0.4 is 4.74 Å². The van der Waals surface area contributed by atoms with E-state index in [-0.39, 0.29) is 0 Å². The zero-order valence-corrected chi connectivity index (χ0v) is 29.6. The average molecular weight is 698 g/mol. The van der Waals surface area contributed by atoms with Crippen LogP contribution in [0.2, 0.25) is 5.02 Å². The van der Waals surface area contributed by atoms with Gasteiger partial charge in [0, 0.05) is 76.1 Å². The standard InChI is InChI=1S/C37H36ClN5O3S2/c1-21-8-9-26-22(14-21)15-25-17-32(26)46-13-5-6-27-28-10-11-29(38)33(35(28)41(2)36(27)37(44)45)34-30(40-43-12-4-7-31(34)43)20-47-18-23-16-24(19-48-25)42(3)39-23/h8-11,14-17H,4-7,12-13,18-20H2,1-3H3,(H,44,45). The highest BCUT2D eigenvalue weighted by molar-refractivity contribution is 7.98. The lowest BCUT2D eigenvalue weighted by molar-refractivity contribution is 0.0685. The van der Waals surface area contributed by atoms with Crippen LogP contribution in [-0.4, -0.2) is 41.8 Å². The molecule has 0 amide bonds. The minimum absolute atomic E-state index is 0.292. The fourth-order valence-corrected chi connectivity index (χ4v) is 9.47. The van der Waals surface area contributed by atoms with E-state index in [2.05, 4.69) is 48.0 Å². The van der Waals surface area contributed by atoms with Crippen LogP contribution in [0.4, 0.5) is 0 Å². The Labute approximate surface area is 292 Å². The molecule has 0 atom stereocenters. The van der Waals surface area contributed by atoms with Crippen molar-refractivity contribution in [3.05, 3.63) is 93.2 Å². The summed E-state index contributed by atoms with van der Waals surface area (Å²) in [4.78, 5) is 14.0. The number of rotatable bonds is 1. The first-order valence-electron chi connectivity index (χ1n) is 16.3. The third kappa shape index (κ3) is 5.47. The number of hydrogen-bond acceptors (Lipinski definition) is 6. The van der Waals surface area contributed by atoms with Crippen molar-refractivity contribution in [1.29, 1.82) is 0 Å². The number of aryl methyl sites for hydroxylation is 5. The fourth-order valence-electron chi connectivity index (χ4n) is 7.39. The molecule has 3 aromatic carbocycles. The molecule has 2 aliphatic heterocycles. The van der Waals surface area contributed by atoms with E-state index >= 15 is 0 Å². The molecule has 0 unspecified atom stereocenters. The third-order valence-electron chi connectivity index (χ3n) is 9.55. The zero-order valence-electron chi connectivity index (χ0n) is 27.2. The average Bonchev–Trinajstić information content (AvgIpc) is 3.80. The molecule has 0 spiro atoms. The lowest BCUT2D eigenvalue weighted by atomic mass is 9.97. The van der Waals surface area contributed by atoms with E-state index in [1.165, 1.54) is 17.0 Å². The number of nitrogens with zero attached hydrogens (tertiary/aromatic N) is 5. The topological polar surface area (TPSA) is 87.1 Å². The SMILES string of the molecule is Cc1ccc2c3cc(cc2c1)SCc1cc(nn1C)CSCc1nn2c(c1-c1c(Cl)ccc4c(c(C(=O)O)n(C)c14)CCCO3)CCC2. The first kappa shape index (κ1) is 31.4. The van der Waals surface area contributed by atoms with Crippen LogP contribution in [0.5, 0.6) is 5.75 Å². The Kier molecular flexibility index (Phi) is 8.21. The largest absolute Gasteiger partial charge is 0.493 e. The second-order valence-corrected chi connectivity index (χ2v) is 15.2. The van der Waals surface area contributed by atoms with Gasteiger partial charge in [-0.1, -0.05) is 41.4 Å². The Balaban J connectivity index is 1.26. The molecule has 5 heterocycles. The number of hydrogen-bond donors (Lipinski definition) is 1. The van der Waals surface area contributed by atoms with E-state index in [1.807, 2.05) is 35.5 Å². The first-order chi connectivity index (χ1) is 23.3. The molecule has 0 fully saturated rings. The molecule has 11 heteroatoms. The number of fused-ring (bicyclic) bond motifs is 10. The van der Waals surface area contributed by atoms with Crippen LogP contribution in [0.15, 0.2) is 53.4 Å². The van der Waals surface area contributed by atoms with Gasteiger partial charge in [0.2, 0.25) is 0 Å². The molecule has 0 saturated heterocycles. The van der Waals surface area contributed by atoms with Gasteiger partial charge in [-0.15, -0.1) is 23.5 Å². The van der Waals surface area contributed by atoms with Crippen LogP contribution in [0.25, 0.3) is 32.8 Å². The van der Waals surface area contributed by atoms with Gasteiger partial charge in [0.05, 0.1) is 28.5 Å². The molecular formula is C37H36ClN5O3S2.